The Kier molecular flexibility index (Phi) is 5.21. The van der Waals surface area contributed by atoms with E-state index < -0.39 is 0 Å². The van der Waals surface area contributed by atoms with E-state index >= 15 is 0 Å². The van der Waals surface area contributed by atoms with Crippen LogP contribution in [0, 0.1) is 0 Å². The van der Waals surface area contributed by atoms with Crippen LogP contribution in [0.4, 0.5) is 11.9 Å². The highest BCUT2D eigenvalue weighted by Crippen LogP contribution is 2.47. The van der Waals surface area contributed by atoms with Crippen LogP contribution in [-0.4, -0.2) is 25.6 Å². The van der Waals surface area contributed by atoms with Crippen molar-refractivity contribution in [1.82, 2.24) is 19.5 Å². The average molecular weight is 544 g/mol. The van der Waals surface area contributed by atoms with Crippen LogP contribution in [0.15, 0.2) is 133 Å². The maximum absolute atomic E-state index is 5.43. The van der Waals surface area contributed by atoms with Crippen molar-refractivity contribution < 1.29 is 0 Å². The first-order chi connectivity index (χ1) is 20.8. The molecule has 0 saturated heterocycles. The summed E-state index contributed by atoms with van der Waals surface area (Å²) in [6, 6.07) is 25.6. The Morgan fingerprint density at radius 2 is 1.62 bits per heavy atom. The number of aromatic nitrogens is 4. The number of benzene rings is 3. The largest absolute Gasteiger partial charge is 0.278 e. The Hall–Kier alpha value is -5.03. The van der Waals surface area contributed by atoms with Gasteiger partial charge in [-0.1, -0.05) is 97.1 Å². The topological polar surface area (TPSA) is 46.8 Å². The average Bonchev–Trinajstić information content (AvgIpc) is 3.38. The molecule has 4 aliphatic rings. The van der Waals surface area contributed by atoms with Gasteiger partial charge >= 0.3 is 0 Å². The zero-order valence-electron chi connectivity index (χ0n) is 23.1. The van der Waals surface area contributed by atoms with E-state index in [1.165, 1.54) is 16.7 Å². The molecule has 3 aliphatic carbocycles. The fraction of sp³-hybridized carbons (Fsp3) is 0.162. The van der Waals surface area contributed by atoms with Gasteiger partial charge in [-0.2, -0.15) is 0 Å². The monoisotopic (exact) mass is 543 g/mol. The molecule has 5 aromatic rings. The molecule has 0 N–H and O–H groups in total. The molecule has 3 heterocycles. The molecule has 3 aromatic carbocycles. The second kappa shape index (κ2) is 9.25. The summed E-state index contributed by atoms with van der Waals surface area (Å²) in [4.78, 5) is 18.3. The van der Waals surface area contributed by atoms with Crippen molar-refractivity contribution >= 4 is 33.8 Å². The van der Waals surface area contributed by atoms with Gasteiger partial charge in [0, 0.05) is 17.2 Å². The van der Waals surface area contributed by atoms with Gasteiger partial charge in [0.1, 0.15) is 0 Å². The van der Waals surface area contributed by atoms with Gasteiger partial charge in [-0.05, 0) is 60.2 Å². The molecule has 2 aromatic heterocycles. The Morgan fingerprint density at radius 3 is 2.55 bits per heavy atom. The van der Waals surface area contributed by atoms with Gasteiger partial charge in [0.25, 0.3) is 0 Å². The van der Waals surface area contributed by atoms with E-state index in [0.717, 1.165) is 58.5 Å². The maximum atomic E-state index is 5.43. The van der Waals surface area contributed by atoms with Gasteiger partial charge < -0.3 is 0 Å². The molecule has 202 valence electrons. The Labute approximate surface area is 244 Å². The Morgan fingerprint density at radius 1 is 0.762 bits per heavy atom. The highest BCUT2D eigenvalue weighted by atomic mass is 15.4. The van der Waals surface area contributed by atoms with Crippen LogP contribution < -0.4 is 4.90 Å². The van der Waals surface area contributed by atoms with Crippen LogP contribution in [-0.2, 0) is 0 Å². The van der Waals surface area contributed by atoms with Gasteiger partial charge in [0.05, 0.1) is 34.0 Å². The Bertz CT molecular complexity index is 2060. The minimum atomic E-state index is -0.0229. The summed E-state index contributed by atoms with van der Waals surface area (Å²) in [7, 11) is 0. The van der Waals surface area contributed by atoms with E-state index in [2.05, 4.69) is 131 Å². The van der Waals surface area contributed by atoms with E-state index in [1.807, 2.05) is 0 Å². The fourth-order valence-electron chi connectivity index (χ4n) is 7.16. The number of hydrogen-bond acceptors (Lipinski definition) is 4. The lowest BCUT2D eigenvalue weighted by atomic mass is 9.79. The summed E-state index contributed by atoms with van der Waals surface area (Å²) in [6.07, 6.45) is 21.3. The van der Waals surface area contributed by atoms with E-state index in [-0.39, 0.29) is 17.9 Å². The Balaban J connectivity index is 1.36. The van der Waals surface area contributed by atoms with Gasteiger partial charge in [-0.25, -0.2) is 15.0 Å². The predicted molar refractivity (Wildman–Crippen MR) is 169 cm³/mol. The van der Waals surface area contributed by atoms with Crippen molar-refractivity contribution in [2.75, 3.05) is 4.90 Å². The first kappa shape index (κ1) is 23.7. The van der Waals surface area contributed by atoms with Crippen LogP contribution in [0.2, 0.25) is 0 Å². The number of rotatable bonds is 2. The second-order valence-electron chi connectivity index (χ2n) is 11.5. The van der Waals surface area contributed by atoms with E-state index in [4.69, 9.17) is 15.0 Å². The summed E-state index contributed by atoms with van der Waals surface area (Å²) in [5.41, 5.74) is 9.26. The number of allylic oxidation sites excluding steroid dienone is 8. The molecule has 0 saturated carbocycles. The molecule has 3 atom stereocenters. The molecule has 3 unspecified atom stereocenters. The molecule has 5 nitrogen and oxygen atoms in total. The highest BCUT2D eigenvalue weighted by Gasteiger charge is 2.40. The van der Waals surface area contributed by atoms with Crippen molar-refractivity contribution in [2.24, 2.45) is 0 Å². The number of nitrogens with zero attached hydrogens (tertiary/aromatic N) is 5. The lowest BCUT2D eigenvalue weighted by Gasteiger charge is -2.36. The predicted octanol–water partition coefficient (Wildman–Crippen LogP) is 8.39. The first-order valence-corrected chi connectivity index (χ1v) is 14.9. The van der Waals surface area contributed by atoms with Crippen LogP contribution >= 0.6 is 0 Å². The molecule has 0 bridgehead atoms. The lowest BCUT2D eigenvalue weighted by Crippen LogP contribution is -2.37. The lowest BCUT2D eigenvalue weighted by molar-refractivity contribution is 0.660. The van der Waals surface area contributed by atoms with E-state index in [0.29, 0.717) is 5.95 Å². The highest BCUT2D eigenvalue weighted by molar-refractivity contribution is 5.86. The molecule has 9 rings (SSSR count). The summed E-state index contributed by atoms with van der Waals surface area (Å²) in [5, 5.41) is 1.11. The molecule has 1 aliphatic heterocycles. The molecular formula is C37H29N5. The van der Waals surface area contributed by atoms with Gasteiger partial charge in [0.15, 0.2) is 0 Å². The number of para-hydroxylation sites is 4. The minimum Gasteiger partial charge on any atom is -0.278 e. The molecular weight excluding hydrogens is 514 g/mol. The normalized spacial score (nSPS) is 22.2. The molecule has 0 amide bonds. The van der Waals surface area contributed by atoms with Gasteiger partial charge in [-0.3, -0.25) is 9.47 Å². The van der Waals surface area contributed by atoms with Crippen LogP contribution in [0.5, 0.6) is 0 Å². The van der Waals surface area contributed by atoms with Crippen LogP contribution in [0.3, 0.4) is 0 Å². The second-order valence-corrected chi connectivity index (χ2v) is 11.5. The standard InChI is InChI=1S/C37H29N5/c1-2-12-24(13-3-1)35-28-17-6-8-18-30(28)38-36(40-35)42-34-23-26-15-5-4-14-25(26)22-29(34)27-16-7-10-20-32(27)41-33-21-11-9-19-31(33)39-37(41)42/h1-4,6-12,14,16-24,29,34H,5,13,15H2. The fourth-order valence-corrected chi connectivity index (χ4v) is 7.16. The quantitative estimate of drug-likeness (QED) is 0.224. The smallest absolute Gasteiger partial charge is 0.233 e. The maximum Gasteiger partial charge on any atom is 0.233 e. The third kappa shape index (κ3) is 3.53. The van der Waals surface area contributed by atoms with Gasteiger partial charge in [0.2, 0.25) is 11.9 Å². The van der Waals surface area contributed by atoms with E-state index in [1.54, 1.807) is 0 Å². The summed E-state index contributed by atoms with van der Waals surface area (Å²) in [6.45, 7) is 0. The summed E-state index contributed by atoms with van der Waals surface area (Å²) in [5.74, 6) is 1.86. The number of hydrogen-bond donors (Lipinski definition) is 0. The number of anilines is 2. The molecule has 42 heavy (non-hydrogen) atoms. The zero-order valence-corrected chi connectivity index (χ0v) is 23.1. The van der Waals surface area contributed by atoms with Crippen molar-refractivity contribution in [2.45, 2.75) is 37.1 Å². The molecule has 0 spiro atoms. The van der Waals surface area contributed by atoms with Crippen molar-refractivity contribution in [3.8, 4) is 5.69 Å². The summed E-state index contributed by atoms with van der Waals surface area (Å²) >= 11 is 0. The van der Waals surface area contributed by atoms with Crippen LogP contribution in [0.1, 0.15) is 42.4 Å². The van der Waals surface area contributed by atoms with Gasteiger partial charge in [-0.15, -0.1) is 0 Å². The third-order valence-corrected chi connectivity index (χ3v) is 9.11. The minimum absolute atomic E-state index is 0.0229. The molecule has 0 radical (unpaired) electrons. The van der Waals surface area contributed by atoms with E-state index in [9.17, 15) is 0 Å². The third-order valence-electron chi connectivity index (χ3n) is 9.11. The molecule has 5 heteroatoms. The number of imidazole rings is 1. The van der Waals surface area contributed by atoms with Crippen molar-refractivity contribution in [1.29, 1.82) is 0 Å². The molecule has 0 fully saturated rings. The van der Waals surface area contributed by atoms with Crippen molar-refractivity contribution in [3.05, 3.63) is 144 Å². The summed E-state index contributed by atoms with van der Waals surface area (Å²) < 4.78 is 2.32. The number of fused-ring (bicyclic) bond motifs is 9. The van der Waals surface area contributed by atoms with Crippen LogP contribution in [0.25, 0.3) is 27.6 Å². The first-order valence-electron chi connectivity index (χ1n) is 14.9. The van der Waals surface area contributed by atoms with Crippen molar-refractivity contribution in [3.63, 3.8) is 0 Å². The SMILES string of the molecule is C1=CCC(c2nc(N3c4nc5ccccc5n4-c4ccccc4C4C=C5C=CCCC5=CC43)nc3ccccc23)C=C1. The zero-order chi connectivity index (χ0) is 27.6.